The number of nitrogens with two attached hydrogens (primary N) is 1. The maximum atomic E-state index is 12.3. The van der Waals surface area contributed by atoms with Gasteiger partial charge in [0.25, 0.3) is 5.91 Å². The number of rotatable bonds is 4. The molecule has 0 aliphatic rings. The van der Waals surface area contributed by atoms with Crippen LogP contribution in [0.4, 0.5) is 0 Å². The monoisotopic (exact) mass is 275 g/mol. The van der Waals surface area contributed by atoms with Crippen LogP contribution in [0.1, 0.15) is 23.8 Å². The van der Waals surface area contributed by atoms with Gasteiger partial charge >= 0.3 is 0 Å². The van der Waals surface area contributed by atoms with E-state index in [2.05, 4.69) is 15.6 Å². The van der Waals surface area contributed by atoms with Gasteiger partial charge in [0.2, 0.25) is 0 Å². The van der Waals surface area contributed by atoms with Gasteiger partial charge in [-0.05, 0) is 12.5 Å². The zero-order valence-corrected chi connectivity index (χ0v) is 11.4. The summed E-state index contributed by atoms with van der Waals surface area (Å²) in [7, 11) is 1.78. The fraction of sp³-hybridized carbons (Fsp3) is 0.308. The van der Waals surface area contributed by atoms with E-state index in [0.29, 0.717) is 12.1 Å². The van der Waals surface area contributed by atoms with Crippen LogP contribution in [0.5, 0.6) is 0 Å². The Morgan fingerprint density at radius 3 is 2.90 bits per heavy atom. The Morgan fingerprint density at radius 2 is 2.25 bits per heavy atom. The molecule has 0 aliphatic carbocycles. The van der Waals surface area contributed by atoms with E-state index in [1.165, 1.54) is 0 Å². The van der Waals surface area contributed by atoms with Gasteiger partial charge in [-0.1, -0.05) is 30.3 Å². The van der Waals surface area contributed by atoms with Gasteiger partial charge in [0.1, 0.15) is 0 Å². The van der Waals surface area contributed by atoms with Crippen molar-refractivity contribution >= 4 is 22.6 Å². The minimum absolute atomic E-state index is 0.0268. The summed E-state index contributed by atoms with van der Waals surface area (Å²) in [5, 5.41) is 19.3. The number of benzene rings is 1. The van der Waals surface area contributed by atoms with Gasteiger partial charge in [0, 0.05) is 12.4 Å². The van der Waals surface area contributed by atoms with Crippen molar-refractivity contribution in [3.8, 4) is 0 Å². The number of amides is 1. The molecule has 0 spiro atoms. The van der Waals surface area contributed by atoms with Crippen LogP contribution in [0.25, 0.3) is 10.9 Å². The summed E-state index contributed by atoms with van der Waals surface area (Å²) in [4.78, 5) is 12.3. The summed E-state index contributed by atoms with van der Waals surface area (Å²) in [6.45, 7) is 1.83. The Morgan fingerprint density at radius 1 is 1.55 bits per heavy atom. The van der Waals surface area contributed by atoms with Crippen LogP contribution in [-0.2, 0) is 7.05 Å². The number of aryl methyl sites for hydroxylation is 1. The van der Waals surface area contributed by atoms with Crippen molar-refractivity contribution in [3.63, 3.8) is 0 Å². The number of fused-ring (bicyclic) bond motifs is 1. The Bertz CT molecular complexity index is 662. The molecular formula is C13H17N5O2. The first kappa shape index (κ1) is 13.9. The molecule has 1 aromatic heterocycles. The third-order valence-corrected chi connectivity index (χ3v) is 3.16. The molecule has 0 aliphatic heterocycles. The van der Waals surface area contributed by atoms with E-state index in [1.807, 2.05) is 31.2 Å². The van der Waals surface area contributed by atoms with Crippen LogP contribution in [0, 0.1) is 0 Å². The van der Waals surface area contributed by atoms with E-state index in [4.69, 9.17) is 10.9 Å². The third-order valence-electron chi connectivity index (χ3n) is 3.16. The number of oxime groups is 1. The Kier molecular flexibility index (Phi) is 3.88. The lowest BCUT2D eigenvalue weighted by Crippen LogP contribution is -2.44. The molecule has 0 saturated carbocycles. The quantitative estimate of drug-likeness (QED) is 0.332. The lowest BCUT2D eigenvalue weighted by atomic mass is 10.1. The van der Waals surface area contributed by atoms with Crippen molar-refractivity contribution in [1.29, 1.82) is 0 Å². The highest BCUT2D eigenvalue weighted by Gasteiger charge is 2.20. The largest absolute Gasteiger partial charge is 0.409 e. The van der Waals surface area contributed by atoms with Gasteiger partial charge in [-0.15, -0.1) is 0 Å². The number of nitrogens with one attached hydrogen (secondary N) is 1. The average Bonchev–Trinajstić information content (AvgIpc) is 2.81. The number of nitrogens with zero attached hydrogens (tertiary/aromatic N) is 3. The summed E-state index contributed by atoms with van der Waals surface area (Å²) >= 11 is 0. The van der Waals surface area contributed by atoms with Crippen molar-refractivity contribution < 1.29 is 10.0 Å². The summed E-state index contributed by atoms with van der Waals surface area (Å²) in [6.07, 6.45) is 0.520. The lowest BCUT2D eigenvalue weighted by molar-refractivity contribution is 0.0941. The second kappa shape index (κ2) is 5.60. The summed E-state index contributed by atoms with van der Waals surface area (Å²) in [5.74, 6) is -0.374. The molecule has 1 atom stereocenters. The molecule has 7 nitrogen and oxygen atoms in total. The minimum atomic E-state index is -0.520. The highest BCUT2D eigenvalue weighted by molar-refractivity contribution is 6.06. The van der Waals surface area contributed by atoms with Gasteiger partial charge in [-0.2, -0.15) is 5.10 Å². The number of amidine groups is 1. The molecule has 0 radical (unpaired) electrons. The number of hydrogen-bond acceptors (Lipinski definition) is 4. The molecule has 1 amide bonds. The second-order valence-electron chi connectivity index (χ2n) is 4.45. The SMILES string of the molecule is CCC(NC(=O)c1nn(C)c2ccccc12)/C(N)=N/O. The van der Waals surface area contributed by atoms with E-state index in [-0.39, 0.29) is 11.7 Å². The van der Waals surface area contributed by atoms with Crippen molar-refractivity contribution in [2.45, 2.75) is 19.4 Å². The van der Waals surface area contributed by atoms with Crippen LogP contribution >= 0.6 is 0 Å². The number of para-hydroxylation sites is 1. The fourth-order valence-corrected chi connectivity index (χ4v) is 2.06. The average molecular weight is 275 g/mol. The van der Waals surface area contributed by atoms with Gasteiger partial charge in [0.15, 0.2) is 11.5 Å². The lowest BCUT2D eigenvalue weighted by Gasteiger charge is -2.14. The van der Waals surface area contributed by atoms with Gasteiger partial charge in [-0.25, -0.2) is 0 Å². The predicted molar refractivity (Wildman–Crippen MR) is 75.7 cm³/mol. The van der Waals surface area contributed by atoms with Gasteiger partial charge in [0.05, 0.1) is 11.6 Å². The van der Waals surface area contributed by atoms with Crippen LogP contribution in [0.2, 0.25) is 0 Å². The maximum absolute atomic E-state index is 12.3. The zero-order chi connectivity index (χ0) is 14.7. The van der Waals surface area contributed by atoms with Crippen molar-refractivity contribution in [2.24, 2.45) is 17.9 Å². The molecule has 7 heteroatoms. The molecule has 0 saturated heterocycles. The molecule has 0 bridgehead atoms. The molecule has 1 unspecified atom stereocenters. The fourth-order valence-electron chi connectivity index (χ4n) is 2.06. The number of hydrogen-bond donors (Lipinski definition) is 3. The van der Waals surface area contributed by atoms with Crippen LogP contribution < -0.4 is 11.1 Å². The molecule has 1 heterocycles. The van der Waals surface area contributed by atoms with E-state index < -0.39 is 6.04 Å². The maximum Gasteiger partial charge on any atom is 0.273 e. The zero-order valence-electron chi connectivity index (χ0n) is 11.4. The van der Waals surface area contributed by atoms with Crippen LogP contribution in [0.3, 0.4) is 0 Å². The summed E-state index contributed by atoms with van der Waals surface area (Å²) in [6, 6.07) is 6.94. The highest BCUT2D eigenvalue weighted by atomic mass is 16.4. The van der Waals surface area contributed by atoms with Gasteiger partial charge in [-0.3, -0.25) is 9.48 Å². The summed E-state index contributed by atoms with van der Waals surface area (Å²) in [5.41, 5.74) is 6.73. The van der Waals surface area contributed by atoms with Crippen molar-refractivity contribution in [2.75, 3.05) is 0 Å². The molecule has 2 rings (SSSR count). The van der Waals surface area contributed by atoms with Gasteiger partial charge < -0.3 is 16.3 Å². The first-order valence-electron chi connectivity index (χ1n) is 6.28. The second-order valence-corrected chi connectivity index (χ2v) is 4.45. The number of aromatic nitrogens is 2. The number of carbonyl (C=O) groups excluding carboxylic acids is 1. The van der Waals surface area contributed by atoms with E-state index >= 15 is 0 Å². The smallest absolute Gasteiger partial charge is 0.273 e. The first-order valence-corrected chi connectivity index (χ1v) is 6.28. The molecule has 2 aromatic rings. The van der Waals surface area contributed by atoms with Crippen molar-refractivity contribution in [3.05, 3.63) is 30.0 Å². The number of carbonyl (C=O) groups is 1. The Labute approximate surface area is 116 Å². The molecule has 4 N–H and O–H groups in total. The molecular weight excluding hydrogens is 258 g/mol. The topological polar surface area (TPSA) is 106 Å². The van der Waals surface area contributed by atoms with E-state index in [9.17, 15) is 4.79 Å². The van der Waals surface area contributed by atoms with E-state index in [0.717, 1.165) is 10.9 Å². The first-order chi connectivity index (χ1) is 9.58. The standard InChI is InChI=1S/C13H17N5O2/c1-3-9(12(14)17-20)15-13(19)11-8-6-4-5-7-10(8)18(2)16-11/h4-7,9,20H,3H2,1-2H3,(H2,14,17)(H,15,19). The predicted octanol–water partition coefficient (Wildman–Crippen LogP) is 0.828. The molecule has 1 aromatic carbocycles. The molecule has 0 fully saturated rings. The van der Waals surface area contributed by atoms with Crippen LogP contribution in [0.15, 0.2) is 29.4 Å². The van der Waals surface area contributed by atoms with Crippen molar-refractivity contribution in [1.82, 2.24) is 15.1 Å². The van der Waals surface area contributed by atoms with Crippen LogP contribution in [-0.4, -0.2) is 32.8 Å². The normalized spacial score (nSPS) is 13.4. The highest BCUT2D eigenvalue weighted by Crippen LogP contribution is 2.17. The summed E-state index contributed by atoms with van der Waals surface area (Å²) < 4.78 is 1.65. The third kappa shape index (κ3) is 2.42. The molecule has 106 valence electrons. The van der Waals surface area contributed by atoms with E-state index in [1.54, 1.807) is 11.7 Å². The minimum Gasteiger partial charge on any atom is -0.409 e. The Hall–Kier alpha value is -2.57. The molecule has 20 heavy (non-hydrogen) atoms. The Balaban J connectivity index is 2.32.